The van der Waals surface area contributed by atoms with Crippen LogP contribution in [0, 0.1) is 0 Å². The molecule has 12 heavy (non-hydrogen) atoms. The Hall–Kier alpha value is -1.15. The molecule has 1 aromatic rings. The van der Waals surface area contributed by atoms with Gasteiger partial charge in [-0.25, -0.2) is 0 Å². The van der Waals surface area contributed by atoms with E-state index >= 15 is 0 Å². The van der Waals surface area contributed by atoms with Crippen LogP contribution in [-0.4, -0.2) is 12.1 Å². The van der Waals surface area contributed by atoms with Gasteiger partial charge in [0.15, 0.2) is 12.1 Å². The molecular weight excluding hydrogens is 176 g/mol. The summed E-state index contributed by atoms with van der Waals surface area (Å²) >= 11 is 5.69. The van der Waals surface area contributed by atoms with Gasteiger partial charge in [0.05, 0.1) is 5.02 Å². The van der Waals surface area contributed by atoms with Crippen molar-refractivity contribution in [1.29, 1.82) is 0 Å². The second-order valence-corrected chi connectivity index (χ2v) is 2.82. The molecule has 0 amide bonds. The summed E-state index contributed by atoms with van der Waals surface area (Å²) in [6.07, 6.45) is 0.659. The van der Waals surface area contributed by atoms with Gasteiger partial charge in [-0.2, -0.15) is 0 Å². The molecule has 2 nitrogen and oxygen atoms in total. The zero-order valence-electron chi connectivity index (χ0n) is 6.50. The van der Waals surface area contributed by atoms with Gasteiger partial charge in [-0.15, -0.1) is 0 Å². The van der Waals surface area contributed by atoms with E-state index in [9.17, 15) is 9.59 Å². The molecule has 0 heterocycles. The highest BCUT2D eigenvalue weighted by molar-refractivity contribution is 6.33. The molecule has 0 aromatic heterocycles. The molecule has 0 aliphatic heterocycles. The Morgan fingerprint density at radius 1 is 1.50 bits per heavy atom. The maximum Gasteiger partial charge on any atom is 0.159 e. The van der Waals surface area contributed by atoms with Crippen molar-refractivity contribution < 1.29 is 9.59 Å². The topological polar surface area (TPSA) is 34.1 Å². The quantitative estimate of drug-likeness (QED) is 0.520. The van der Waals surface area contributed by atoms with E-state index < -0.39 is 0 Å². The molecule has 62 valence electrons. The van der Waals surface area contributed by atoms with E-state index in [4.69, 9.17) is 11.6 Å². The van der Waals surface area contributed by atoms with Gasteiger partial charge in [-0.05, 0) is 19.1 Å². The Labute approximate surface area is 75.2 Å². The minimum atomic E-state index is -0.0608. The third-order valence-corrected chi connectivity index (χ3v) is 1.86. The zero-order valence-corrected chi connectivity index (χ0v) is 7.26. The number of aldehydes is 1. The molecule has 0 N–H and O–H groups in total. The molecule has 0 unspecified atom stereocenters. The fourth-order valence-corrected chi connectivity index (χ4v) is 1.07. The van der Waals surface area contributed by atoms with Crippen LogP contribution in [0.25, 0.3) is 0 Å². The number of rotatable bonds is 2. The number of ketones is 1. The summed E-state index contributed by atoms with van der Waals surface area (Å²) in [5.74, 6) is -0.0608. The molecule has 0 saturated carbocycles. The van der Waals surface area contributed by atoms with Crippen LogP contribution in [0.5, 0.6) is 0 Å². The third kappa shape index (κ3) is 1.71. The first-order valence-electron chi connectivity index (χ1n) is 3.41. The van der Waals surface area contributed by atoms with E-state index in [1.54, 1.807) is 6.07 Å². The van der Waals surface area contributed by atoms with E-state index in [0.717, 1.165) is 0 Å². The monoisotopic (exact) mass is 182 g/mol. The minimum Gasteiger partial charge on any atom is -0.298 e. The van der Waals surface area contributed by atoms with Crippen LogP contribution in [0.2, 0.25) is 5.02 Å². The summed E-state index contributed by atoms with van der Waals surface area (Å²) in [6, 6.07) is 4.61. The van der Waals surface area contributed by atoms with E-state index in [1.165, 1.54) is 19.1 Å². The lowest BCUT2D eigenvalue weighted by atomic mass is 10.1. The van der Waals surface area contributed by atoms with E-state index in [2.05, 4.69) is 0 Å². The van der Waals surface area contributed by atoms with Crippen molar-refractivity contribution in [3.05, 3.63) is 34.3 Å². The highest BCUT2D eigenvalue weighted by Gasteiger charge is 2.03. The molecule has 0 saturated heterocycles. The Kier molecular flexibility index (Phi) is 2.61. The molecule has 0 aliphatic rings. The van der Waals surface area contributed by atoms with Crippen molar-refractivity contribution in [1.82, 2.24) is 0 Å². The number of halogens is 1. The van der Waals surface area contributed by atoms with Crippen molar-refractivity contribution in [2.75, 3.05) is 0 Å². The second-order valence-electron chi connectivity index (χ2n) is 2.41. The lowest BCUT2D eigenvalue weighted by molar-refractivity contribution is 0.101. The summed E-state index contributed by atoms with van der Waals surface area (Å²) in [4.78, 5) is 21.2. The first kappa shape index (κ1) is 8.94. The molecule has 1 aromatic carbocycles. The minimum absolute atomic E-state index is 0.0608. The largest absolute Gasteiger partial charge is 0.298 e. The average molecular weight is 183 g/mol. The smallest absolute Gasteiger partial charge is 0.159 e. The fourth-order valence-electron chi connectivity index (χ4n) is 0.842. The summed E-state index contributed by atoms with van der Waals surface area (Å²) < 4.78 is 0. The van der Waals surface area contributed by atoms with Crippen LogP contribution < -0.4 is 0 Å². The Morgan fingerprint density at radius 2 is 2.17 bits per heavy atom. The van der Waals surface area contributed by atoms with Crippen molar-refractivity contribution in [3.8, 4) is 0 Å². The van der Waals surface area contributed by atoms with Gasteiger partial charge in [-0.3, -0.25) is 9.59 Å². The lowest BCUT2D eigenvalue weighted by Gasteiger charge is -1.98. The van der Waals surface area contributed by atoms with Crippen molar-refractivity contribution in [3.63, 3.8) is 0 Å². The molecular formula is C9H7ClO2. The van der Waals surface area contributed by atoms with Gasteiger partial charge in [0, 0.05) is 11.1 Å². The molecule has 0 bridgehead atoms. The Bertz CT molecular complexity index is 331. The highest BCUT2D eigenvalue weighted by Crippen LogP contribution is 2.16. The summed E-state index contributed by atoms with van der Waals surface area (Å²) in [5.41, 5.74) is 0.923. The van der Waals surface area contributed by atoms with Gasteiger partial charge in [0.2, 0.25) is 0 Å². The zero-order chi connectivity index (χ0) is 9.14. The van der Waals surface area contributed by atoms with Crippen LogP contribution >= 0.6 is 11.6 Å². The fraction of sp³-hybridized carbons (Fsp3) is 0.111. The van der Waals surface area contributed by atoms with Crippen LogP contribution in [-0.2, 0) is 0 Å². The highest BCUT2D eigenvalue weighted by atomic mass is 35.5. The van der Waals surface area contributed by atoms with Crippen molar-refractivity contribution >= 4 is 23.7 Å². The third-order valence-electron chi connectivity index (χ3n) is 1.53. The number of benzene rings is 1. The molecule has 0 spiro atoms. The van der Waals surface area contributed by atoms with Gasteiger partial charge in [0.1, 0.15) is 0 Å². The number of hydrogen-bond donors (Lipinski definition) is 0. The van der Waals surface area contributed by atoms with E-state index in [1.807, 2.05) is 0 Å². The number of carbonyl (C=O) groups excluding carboxylic acids is 2. The normalized spacial score (nSPS) is 9.50. The molecule has 0 atom stereocenters. The van der Waals surface area contributed by atoms with Gasteiger partial charge in [-0.1, -0.05) is 17.7 Å². The predicted molar refractivity (Wildman–Crippen MR) is 46.8 cm³/mol. The molecule has 0 fully saturated rings. The van der Waals surface area contributed by atoms with Gasteiger partial charge < -0.3 is 0 Å². The molecule has 1 rings (SSSR count). The average Bonchev–Trinajstić information content (AvgIpc) is 2.04. The number of Topliss-reactive ketones (excluding diaryl/α,β-unsaturated/α-hetero) is 1. The maximum atomic E-state index is 10.9. The predicted octanol–water partition coefficient (Wildman–Crippen LogP) is 2.36. The summed E-state index contributed by atoms with van der Waals surface area (Å²) in [7, 11) is 0. The first-order valence-corrected chi connectivity index (χ1v) is 3.78. The summed E-state index contributed by atoms with van der Waals surface area (Å²) in [6.45, 7) is 1.45. The maximum absolute atomic E-state index is 10.9. The molecule has 0 aliphatic carbocycles. The lowest BCUT2D eigenvalue weighted by Crippen LogP contribution is -1.92. The number of carbonyl (C=O) groups is 2. The van der Waals surface area contributed by atoms with Crippen molar-refractivity contribution in [2.24, 2.45) is 0 Å². The Morgan fingerprint density at radius 3 is 2.58 bits per heavy atom. The SMILES string of the molecule is CC(=O)c1ccc(C=O)c(Cl)c1. The van der Waals surface area contributed by atoms with Crippen LogP contribution in [0.15, 0.2) is 18.2 Å². The van der Waals surface area contributed by atoms with Crippen LogP contribution in [0.3, 0.4) is 0 Å². The van der Waals surface area contributed by atoms with E-state index in [0.29, 0.717) is 22.4 Å². The number of hydrogen-bond acceptors (Lipinski definition) is 2. The molecule has 3 heteroatoms. The first-order chi connectivity index (χ1) is 5.65. The second kappa shape index (κ2) is 3.50. The van der Waals surface area contributed by atoms with Crippen molar-refractivity contribution in [2.45, 2.75) is 6.92 Å². The standard InChI is InChI=1S/C9H7ClO2/c1-6(12)7-2-3-8(5-11)9(10)4-7/h2-5H,1H3. The van der Waals surface area contributed by atoms with Gasteiger partial charge in [0.25, 0.3) is 0 Å². The summed E-state index contributed by atoms with van der Waals surface area (Å²) in [5, 5.41) is 0.317. The van der Waals surface area contributed by atoms with Crippen LogP contribution in [0.1, 0.15) is 27.6 Å². The van der Waals surface area contributed by atoms with Gasteiger partial charge >= 0.3 is 0 Å². The molecule has 0 radical (unpaired) electrons. The Balaban J connectivity index is 3.18. The van der Waals surface area contributed by atoms with E-state index in [-0.39, 0.29) is 5.78 Å². The van der Waals surface area contributed by atoms with Crippen LogP contribution in [0.4, 0.5) is 0 Å².